The quantitative estimate of drug-likeness (QED) is 0.0779. The summed E-state index contributed by atoms with van der Waals surface area (Å²) >= 11 is 0. The number of rotatable bonds is 11. The van der Waals surface area contributed by atoms with Crippen molar-refractivity contribution in [2.24, 2.45) is 35.5 Å². The first-order chi connectivity index (χ1) is 24.4. The number of terminal acetylenes is 1. The van der Waals surface area contributed by atoms with Gasteiger partial charge in [-0.05, 0) is 51.4 Å². The summed E-state index contributed by atoms with van der Waals surface area (Å²) in [5.41, 5.74) is 6.66. The highest BCUT2D eigenvalue weighted by molar-refractivity contribution is 7.97. The molecule has 3 aliphatic rings. The molecule has 0 radical (unpaired) electrons. The molecule has 3 rings (SSSR count). The number of carbonyl (C=O) groups is 4. The fourth-order valence-corrected chi connectivity index (χ4v) is 8.16. The van der Waals surface area contributed by atoms with Crippen molar-refractivity contribution in [3.8, 4) is 35.3 Å². The highest BCUT2D eigenvalue weighted by Crippen LogP contribution is 2.47. The van der Waals surface area contributed by atoms with Crippen molar-refractivity contribution in [2.75, 3.05) is 56.9 Å². The van der Waals surface area contributed by atoms with E-state index >= 15 is 0 Å². The Bertz CT molecular complexity index is 1270. The molecule has 0 bridgehead atoms. The molecule has 14 heteroatoms. The Balaban J connectivity index is 0. The molecule has 2 N–H and O–H groups in total. The van der Waals surface area contributed by atoms with Crippen LogP contribution in [0, 0.1) is 70.8 Å². The van der Waals surface area contributed by atoms with E-state index in [4.69, 9.17) is 26.1 Å². The molecule has 3 fully saturated rings. The molecule has 2 unspecified atom stereocenters. The molecule has 1 heterocycles. The standard InChI is InChI=1S/C14H22O4Si.C10H19SSi.C8H12O4.C7H10O2.BrH/c1-6-17-13(15)11-10(8-9-19(3,4)5)12(11)14(16)18-7-2;1-12(2,3)10-6-9-11-7-4-5-8-11;1-3-11-7(9)5-6-8(10)12-4-2;1-2-5-6(3-8)7(5)4-9;/h10-12H,6-7H2,1-5H3;4-5,7-9H2,1-3H3;5-6H,3-4H2,1-2H3;1,5-9H,3-4H2;1H/q;+1;;;/p-1/b;;6-5-;;/t10?,11-,12+;;;5?,6-,7+;. The number of ether oxygens (including phenoxy) is 4. The maximum atomic E-state index is 11.8. The highest BCUT2D eigenvalue weighted by atomic mass is 79.9. The van der Waals surface area contributed by atoms with E-state index < -0.39 is 39.9 Å². The Kier molecular flexibility index (Phi) is 27.8. The molecular formula is C39H63BrO10SSi2. The minimum absolute atomic E-state index is 0. The SMILES string of the molecule is C#CC1[C@@H](CO)[C@H]1CO.CCOC(=O)/C=C\C(=O)OCC.CCOC(=O)[C@@H]1C(C#C[Si](C)(C)C)[C@@H]1C(=O)OCC.C[Si](C)(C)C#CC[S+]1CCCC1.[Br-]. The van der Waals surface area contributed by atoms with E-state index in [1.165, 1.54) is 30.1 Å². The lowest BCUT2D eigenvalue weighted by atomic mass is 10.3. The molecule has 0 aromatic carbocycles. The van der Waals surface area contributed by atoms with E-state index in [0.29, 0.717) is 37.3 Å². The van der Waals surface area contributed by atoms with Crippen molar-refractivity contribution in [1.82, 2.24) is 0 Å². The summed E-state index contributed by atoms with van der Waals surface area (Å²) in [6.45, 7) is 21.7. The Labute approximate surface area is 334 Å². The molecule has 0 spiro atoms. The number of hydrogen-bond donors (Lipinski definition) is 2. The van der Waals surface area contributed by atoms with Gasteiger partial charge >= 0.3 is 23.9 Å². The number of aliphatic hydroxyl groups is 2. The van der Waals surface area contributed by atoms with E-state index in [1.807, 2.05) is 0 Å². The van der Waals surface area contributed by atoms with Crippen molar-refractivity contribution in [3.63, 3.8) is 0 Å². The molecule has 1 saturated heterocycles. The predicted molar refractivity (Wildman–Crippen MR) is 213 cm³/mol. The lowest BCUT2D eigenvalue weighted by Crippen LogP contribution is -3.00. The Morgan fingerprint density at radius 3 is 1.40 bits per heavy atom. The van der Waals surface area contributed by atoms with Crippen LogP contribution < -0.4 is 17.0 Å². The minimum atomic E-state index is -1.51. The molecule has 0 aromatic heterocycles. The van der Waals surface area contributed by atoms with Crippen LogP contribution in [0.2, 0.25) is 39.3 Å². The second-order valence-corrected chi connectivity index (χ2v) is 26.1. The summed E-state index contributed by atoms with van der Waals surface area (Å²) in [4.78, 5) is 44.8. The first-order valence-corrected chi connectivity index (χ1v) is 26.9. The second-order valence-electron chi connectivity index (χ2n) is 14.2. The average molecular weight is 860 g/mol. The minimum Gasteiger partial charge on any atom is -1.00 e. The Morgan fingerprint density at radius 1 is 0.698 bits per heavy atom. The summed E-state index contributed by atoms with van der Waals surface area (Å²) in [6.07, 6.45) is 10.1. The predicted octanol–water partition coefficient (Wildman–Crippen LogP) is 1.27. The first kappa shape index (κ1) is 52.6. The molecule has 0 aromatic rings. The van der Waals surface area contributed by atoms with Crippen molar-refractivity contribution in [1.29, 1.82) is 0 Å². The summed E-state index contributed by atoms with van der Waals surface area (Å²) in [7, 11) is -1.91. The summed E-state index contributed by atoms with van der Waals surface area (Å²) in [6, 6.07) is 0. The third-order valence-corrected chi connectivity index (χ3v) is 11.6. The molecule has 0 amide bonds. The Hall–Kier alpha value is -2.52. The van der Waals surface area contributed by atoms with Crippen molar-refractivity contribution >= 4 is 50.9 Å². The van der Waals surface area contributed by atoms with E-state index in [9.17, 15) is 19.2 Å². The summed E-state index contributed by atoms with van der Waals surface area (Å²) in [5, 5.41) is 17.2. The molecular weight excluding hydrogens is 797 g/mol. The molecule has 2 saturated carbocycles. The van der Waals surface area contributed by atoms with Crippen LogP contribution in [-0.4, -0.2) is 107 Å². The molecule has 2 aliphatic carbocycles. The zero-order chi connectivity index (χ0) is 39.9. The van der Waals surface area contributed by atoms with Gasteiger partial charge in [-0.15, -0.1) is 29.4 Å². The third kappa shape index (κ3) is 23.8. The van der Waals surface area contributed by atoms with Gasteiger partial charge in [0.05, 0.1) is 38.3 Å². The lowest BCUT2D eigenvalue weighted by molar-refractivity contribution is -0.150. The number of hydrogen-bond acceptors (Lipinski definition) is 10. The van der Waals surface area contributed by atoms with Gasteiger partial charge in [0.2, 0.25) is 0 Å². The second kappa shape index (κ2) is 28.0. The molecule has 10 nitrogen and oxygen atoms in total. The van der Waals surface area contributed by atoms with Crippen LogP contribution in [-0.2, 0) is 49.0 Å². The van der Waals surface area contributed by atoms with Crippen LogP contribution in [0.3, 0.4) is 0 Å². The van der Waals surface area contributed by atoms with Gasteiger partial charge in [-0.25, -0.2) is 9.59 Å². The summed E-state index contributed by atoms with van der Waals surface area (Å²) in [5.74, 6) is 10.7. The summed E-state index contributed by atoms with van der Waals surface area (Å²) < 4.78 is 19.0. The maximum Gasteiger partial charge on any atom is 0.330 e. The Morgan fingerprint density at radius 2 is 1.09 bits per heavy atom. The molecule has 53 heavy (non-hydrogen) atoms. The molecule has 300 valence electrons. The zero-order valence-electron chi connectivity index (χ0n) is 33.4. The van der Waals surface area contributed by atoms with Gasteiger partial charge in [0.25, 0.3) is 0 Å². The lowest BCUT2D eigenvalue weighted by Gasteiger charge is -2.03. The van der Waals surface area contributed by atoms with Gasteiger partial charge in [0.1, 0.15) is 27.7 Å². The van der Waals surface area contributed by atoms with E-state index in [1.54, 1.807) is 27.7 Å². The number of esters is 4. The van der Waals surface area contributed by atoms with Crippen LogP contribution in [0.5, 0.6) is 0 Å². The van der Waals surface area contributed by atoms with Crippen LogP contribution >= 0.6 is 0 Å². The van der Waals surface area contributed by atoms with E-state index in [2.05, 4.69) is 77.6 Å². The first-order valence-electron chi connectivity index (χ1n) is 18.1. The van der Waals surface area contributed by atoms with Crippen LogP contribution in [0.4, 0.5) is 0 Å². The van der Waals surface area contributed by atoms with Gasteiger partial charge in [0, 0.05) is 49.0 Å². The van der Waals surface area contributed by atoms with Crippen molar-refractivity contribution in [2.45, 2.75) is 79.8 Å². The zero-order valence-corrected chi connectivity index (χ0v) is 37.8. The van der Waals surface area contributed by atoms with E-state index in [0.717, 1.165) is 12.2 Å². The van der Waals surface area contributed by atoms with Crippen molar-refractivity contribution < 1.29 is 65.3 Å². The van der Waals surface area contributed by atoms with Crippen LogP contribution in [0.1, 0.15) is 40.5 Å². The van der Waals surface area contributed by atoms with Gasteiger partial charge in [-0.2, -0.15) is 0 Å². The van der Waals surface area contributed by atoms with Crippen LogP contribution in [0.15, 0.2) is 12.2 Å². The molecule has 1 aliphatic heterocycles. The fraction of sp³-hybridized carbons (Fsp3) is 0.692. The van der Waals surface area contributed by atoms with E-state index in [-0.39, 0.29) is 65.8 Å². The average Bonchev–Trinajstić information content (AvgIpc) is 3.91. The van der Waals surface area contributed by atoms with Gasteiger partial charge in [0.15, 0.2) is 5.75 Å². The smallest absolute Gasteiger partial charge is 0.330 e. The maximum absolute atomic E-state index is 11.8. The highest BCUT2D eigenvalue weighted by Gasteiger charge is 2.60. The fourth-order valence-electron chi connectivity index (χ4n) is 4.82. The number of aliphatic hydroxyl groups excluding tert-OH is 2. The topological polar surface area (TPSA) is 146 Å². The van der Waals surface area contributed by atoms with Crippen molar-refractivity contribution in [3.05, 3.63) is 12.2 Å². The number of carbonyl (C=O) groups excluding carboxylic acids is 4. The largest absolute Gasteiger partial charge is 1.00 e. The normalized spacial score (nSPS) is 22.2. The monoisotopic (exact) mass is 858 g/mol. The van der Waals surface area contributed by atoms with Gasteiger partial charge in [-0.1, -0.05) is 45.2 Å². The third-order valence-electron chi connectivity index (χ3n) is 7.48. The number of halogens is 1. The van der Waals surface area contributed by atoms with Gasteiger partial charge in [-0.3, -0.25) is 9.59 Å². The van der Waals surface area contributed by atoms with Gasteiger partial charge < -0.3 is 46.1 Å². The molecule has 6 atom stereocenters. The van der Waals surface area contributed by atoms with Crippen LogP contribution in [0.25, 0.3) is 0 Å².